The van der Waals surface area contributed by atoms with Gasteiger partial charge in [-0.05, 0) is 49.2 Å². The third kappa shape index (κ3) is 4.28. The lowest BCUT2D eigenvalue weighted by Crippen LogP contribution is -2.43. The van der Waals surface area contributed by atoms with Crippen LogP contribution in [0.1, 0.15) is 29.2 Å². The van der Waals surface area contributed by atoms with Gasteiger partial charge >= 0.3 is 0 Å². The number of piperazine rings is 1. The van der Waals surface area contributed by atoms with Gasteiger partial charge in [0.2, 0.25) is 0 Å². The SMILES string of the molecule is CN1CCN(Cc2cnc(-c3oc4cnccc4c3Nc3ccc4c(c3)CCC4N=O)nc2)CC1. The number of hydrogen-bond donors (Lipinski definition) is 1. The van der Waals surface area contributed by atoms with Crippen LogP contribution in [0.4, 0.5) is 11.4 Å². The number of nitroso groups, excluding NO2 is 1. The molecule has 0 radical (unpaired) electrons. The van der Waals surface area contributed by atoms with E-state index in [0.29, 0.717) is 17.2 Å². The van der Waals surface area contributed by atoms with Gasteiger partial charge in [0.1, 0.15) is 6.04 Å². The van der Waals surface area contributed by atoms with Crippen molar-refractivity contribution in [3.05, 3.63) is 70.7 Å². The number of rotatable bonds is 6. The van der Waals surface area contributed by atoms with Gasteiger partial charge in [-0.2, -0.15) is 4.91 Å². The van der Waals surface area contributed by atoms with Crippen molar-refractivity contribution in [3.63, 3.8) is 0 Å². The molecule has 1 unspecified atom stereocenters. The Labute approximate surface area is 203 Å². The van der Waals surface area contributed by atoms with Crippen LogP contribution in [-0.4, -0.2) is 58.0 Å². The quantitative estimate of drug-likeness (QED) is 0.411. The van der Waals surface area contributed by atoms with Crippen molar-refractivity contribution in [1.82, 2.24) is 24.8 Å². The summed E-state index contributed by atoms with van der Waals surface area (Å²) in [4.78, 5) is 29.4. The lowest BCUT2D eigenvalue weighted by atomic mass is 10.1. The average Bonchev–Trinajstić information content (AvgIpc) is 3.47. The average molecular weight is 470 g/mol. The monoisotopic (exact) mass is 469 g/mol. The number of aromatic nitrogens is 3. The number of nitrogens with zero attached hydrogens (tertiary/aromatic N) is 6. The number of nitrogens with one attached hydrogen (secondary N) is 1. The molecule has 9 heteroatoms. The standard InChI is InChI=1S/C26H27N7O2/c1-32-8-10-33(11-9-32)16-17-13-28-26(29-14-17)25-24(21-6-7-27-15-23(21)35-25)30-19-3-4-20-18(12-19)2-5-22(20)31-34/h3-4,6-7,12-15,22,30H,2,5,8-11,16H2,1H3. The molecule has 1 aromatic carbocycles. The normalized spacial score (nSPS) is 18.6. The largest absolute Gasteiger partial charge is 0.449 e. The van der Waals surface area contributed by atoms with E-state index >= 15 is 0 Å². The molecule has 2 aliphatic rings. The zero-order valence-corrected chi connectivity index (χ0v) is 19.6. The lowest BCUT2D eigenvalue weighted by molar-refractivity contribution is 0.148. The van der Waals surface area contributed by atoms with Crippen LogP contribution in [0.2, 0.25) is 0 Å². The van der Waals surface area contributed by atoms with Gasteiger partial charge in [-0.3, -0.25) is 9.88 Å². The van der Waals surface area contributed by atoms with Crippen LogP contribution in [0.5, 0.6) is 0 Å². The molecule has 0 bridgehead atoms. The third-order valence-corrected chi connectivity index (χ3v) is 6.99. The molecular formula is C26H27N7O2. The molecule has 1 atom stereocenters. The van der Waals surface area contributed by atoms with Crippen LogP contribution in [0.15, 0.2) is 58.6 Å². The van der Waals surface area contributed by atoms with Crippen molar-refractivity contribution in [2.24, 2.45) is 5.18 Å². The molecular weight excluding hydrogens is 442 g/mol. The second-order valence-electron chi connectivity index (χ2n) is 9.37. The summed E-state index contributed by atoms with van der Waals surface area (Å²) in [6.45, 7) is 5.10. The van der Waals surface area contributed by atoms with E-state index in [-0.39, 0.29) is 6.04 Å². The minimum atomic E-state index is -0.242. The number of aryl methyl sites for hydroxylation is 1. The summed E-state index contributed by atoms with van der Waals surface area (Å²) in [5.74, 6) is 1.10. The first kappa shape index (κ1) is 21.8. The summed E-state index contributed by atoms with van der Waals surface area (Å²) in [5.41, 5.74) is 5.65. The summed E-state index contributed by atoms with van der Waals surface area (Å²) >= 11 is 0. The van der Waals surface area contributed by atoms with Gasteiger partial charge in [-0.1, -0.05) is 11.2 Å². The zero-order valence-electron chi connectivity index (χ0n) is 19.6. The number of hydrogen-bond acceptors (Lipinski definition) is 9. The highest BCUT2D eigenvalue weighted by molar-refractivity contribution is 5.99. The van der Waals surface area contributed by atoms with Crippen LogP contribution in [0, 0.1) is 4.91 Å². The summed E-state index contributed by atoms with van der Waals surface area (Å²) in [7, 11) is 2.16. The van der Waals surface area contributed by atoms with Crippen LogP contribution < -0.4 is 5.32 Å². The van der Waals surface area contributed by atoms with E-state index in [4.69, 9.17) is 4.42 Å². The smallest absolute Gasteiger partial charge is 0.197 e. The highest BCUT2D eigenvalue weighted by Crippen LogP contribution is 2.40. The van der Waals surface area contributed by atoms with E-state index < -0.39 is 0 Å². The predicted molar refractivity (Wildman–Crippen MR) is 134 cm³/mol. The summed E-state index contributed by atoms with van der Waals surface area (Å²) in [6.07, 6.45) is 8.84. The van der Waals surface area contributed by atoms with Crippen LogP contribution >= 0.6 is 0 Å². The molecule has 178 valence electrons. The first-order valence-corrected chi connectivity index (χ1v) is 12.0. The molecule has 0 spiro atoms. The summed E-state index contributed by atoms with van der Waals surface area (Å²) in [5, 5.41) is 7.69. The van der Waals surface area contributed by atoms with Crippen molar-refractivity contribution >= 4 is 22.3 Å². The second-order valence-corrected chi connectivity index (χ2v) is 9.37. The van der Waals surface area contributed by atoms with E-state index in [1.807, 2.05) is 30.6 Å². The summed E-state index contributed by atoms with van der Waals surface area (Å²) in [6, 6.07) is 7.74. The number of anilines is 2. The number of benzene rings is 1. The molecule has 0 saturated carbocycles. The number of pyridine rings is 1. The highest BCUT2D eigenvalue weighted by atomic mass is 16.3. The molecule has 0 amide bonds. The Morgan fingerprint density at radius 2 is 1.94 bits per heavy atom. The molecule has 3 aromatic heterocycles. The lowest BCUT2D eigenvalue weighted by Gasteiger charge is -2.32. The van der Waals surface area contributed by atoms with Crippen molar-refractivity contribution < 1.29 is 4.42 Å². The Balaban J connectivity index is 1.29. The topological polar surface area (TPSA) is 99.8 Å². The molecule has 4 aromatic rings. The van der Waals surface area contributed by atoms with Crippen molar-refractivity contribution in [2.45, 2.75) is 25.4 Å². The minimum absolute atomic E-state index is 0.242. The molecule has 35 heavy (non-hydrogen) atoms. The van der Waals surface area contributed by atoms with Gasteiger partial charge in [0, 0.05) is 68.0 Å². The molecule has 1 aliphatic heterocycles. The van der Waals surface area contributed by atoms with Gasteiger partial charge in [0.25, 0.3) is 0 Å². The van der Waals surface area contributed by atoms with Gasteiger partial charge in [0.15, 0.2) is 17.2 Å². The predicted octanol–water partition coefficient (Wildman–Crippen LogP) is 4.53. The molecule has 6 rings (SSSR count). The van der Waals surface area contributed by atoms with Crippen LogP contribution in [-0.2, 0) is 13.0 Å². The van der Waals surface area contributed by atoms with Crippen molar-refractivity contribution in [1.29, 1.82) is 0 Å². The number of furan rings is 1. The third-order valence-electron chi connectivity index (χ3n) is 6.99. The van der Waals surface area contributed by atoms with Gasteiger partial charge in [0.05, 0.1) is 11.9 Å². The molecule has 1 saturated heterocycles. The number of fused-ring (bicyclic) bond motifs is 2. The Bertz CT molecular complexity index is 1360. The Morgan fingerprint density at radius 3 is 2.74 bits per heavy atom. The fraction of sp³-hybridized carbons (Fsp3) is 0.346. The maximum atomic E-state index is 11.1. The first-order valence-electron chi connectivity index (χ1n) is 12.0. The Hall–Kier alpha value is -3.69. The fourth-order valence-corrected chi connectivity index (χ4v) is 4.98. The maximum Gasteiger partial charge on any atom is 0.197 e. The van der Waals surface area contributed by atoms with Crippen molar-refractivity contribution in [3.8, 4) is 11.6 Å². The van der Waals surface area contributed by atoms with E-state index in [1.54, 1.807) is 12.4 Å². The molecule has 1 aliphatic carbocycles. The van der Waals surface area contributed by atoms with E-state index in [9.17, 15) is 4.91 Å². The maximum absolute atomic E-state index is 11.1. The van der Waals surface area contributed by atoms with Crippen LogP contribution in [0.25, 0.3) is 22.6 Å². The molecule has 9 nitrogen and oxygen atoms in total. The minimum Gasteiger partial charge on any atom is -0.449 e. The fourth-order valence-electron chi connectivity index (χ4n) is 4.98. The van der Waals surface area contributed by atoms with Gasteiger partial charge in [-0.25, -0.2) is 9.97 Å². The van der Waals surface area contributed by atoms with Crippen molar-refractivity contribution in [2.75, 3.05) is 38.5 Å². The second kappa shape index (κ2) is 9.16. The Kier molecular flexibility index (Phi) is 5.71. The first-order chi connectivity index (χ1) is 17.2. The summed E-state index contributed by atoms with van der Waals surface area (Å²) < 4.78 is 6.16. The van der Waals surface area contributed by atoms with E-state index in [2.05, 4.69) is 48.4 Å². The Morgan fingerprint density at radius 1 is 1.11 bits per heavy atom. The van der Waals surface area contributed by atoms with Crippen LogP contribution in [0.3, 0.4) is 0 Å². The van der Waals surface area contributed by atoms with E-state index in [1.165, 1.54) is 0 Å². The van der Waals surface area contributed by atoms with E-state index in [0.717, 1.165) is 79.0 Å². The molecule has 1 fully saturated rings. The highest BCUT2D eigenvalue weighted by Gasteiger charge is 2.24. The molecule has 1 N–H and O–H groups in total. The molecule has 4 heterocycles. The number of likely N-dealkylation sites (N-methyl/N-ethyl adjacent to an activating group) is 1. The van der Waals surface area contributed by atoms with Gasteiger partial charge in [-0.15, -0.1) is 0 Å². The zero-order chi connectivity index (χ0) is 23.8. The van der Waals surface area contributed by atoms with Gasteiger partial charge < -0.3 is 14.6 Å².